The van der Waals surface area contributed by atoms with Crippen molar-refractivity contribution in [1.82, 2.24) is 4.72 Å². The van der Waals surface area contributed by atoms with Crippen molar-refractivity contribution in [2.75, 3.05) is 13.7 Å². The molecule has 2 rings (SSSR count). The van der Waals surface area contributed by atoms with Crippen LogP contribution in [-0.4, -0.2) is 33.0 Å². The summed E-state index contributed by atoms with van der Waals surface area (Å²) in [4.78, 5) is 21.9. The van der Waals surface area contributed by atoms with Gasteiger partial charge in [-0.15, -0.1) is 0 Å². The lowest BCUT2D eigenvalue weighted by atomic mass is 10.0. The second kappa shape index (κ2) is 9.68. The monoisotopic (exact) mass is 442 g/mol. The molecular weight excluding hydrogens is 424 g/mol. The lowest BCUT2D eigenvalue weighted by Crippen LogP contribution is -2.31. The number of hydrogen-bond acceptors (Lipinski definition) is 7. The van der Waals surface area contributed by atoms with E-state index in [1.54, 1.807) is 31.2 Å². The number of halogens is 1. The van der Waals surface area contributed by atoms with Crippen molar-refractivity contribution < 1.29 is 27.6 Å². The Balaban J connectivity index is 2.46. The topological polar surface area (TPSA) is 125 Å². The highest BCUT2D eigenvalue weighted by atomic mass is 35.5. The normalized spacial score (nSPS) is 12.2. The molecular formula is C18H19ClN2O7S. The van der Waals surface area contributed by atoms with Crippen molar-refractivity contribution >= 4 is 33.3 Å². The number of esters is 1. The summed E-state index contributed by atoms with van der Waals surface area (Å²) >= 11 is 5.75. The minimum Gasteiger partial charge on any atom is -0.497 e. The van der Waals surface area contributed by atoms with Gasteiger partial charge in [-0.05, 0) is 36.8 Å². The molecule has 1 atom stereocenters. The largest absolute Gasteiger partial charge is 0.497 e. The summed E-state index contributed by atoms with van der Waals surface area (Å²) < 4.78 is 38.2. The Kier molecular flexibility index (Phi) is 7.54. The van der Waals surface area contributed by atoms with Crippen LogP contribution in [0.25, 0.3) is 0 Å². The van der Waals surface area contributed by atoms with Gasteiger partial charge >= 0.3 is 5.97 Å². The molecule has 0 saturated heterocycles. The zero-order valence-corrected chi connectivity index (χ0v) is 17.2. The van der Waals surface area contributed by atoms with Crippen molar-refractivity contribution in [2.45, 2.75) is 24.3 Å². The summed E-state index contributed by atoms with van der Waals surface area (Å²) in [5.41, 5.74) is -0.247. The second-order valence-corrected chi connectivity index (χ2v) is 7.95. The molecule has 0 aliphatic carbocycles. The van der Waals surface area contributed by atoms with Crippen LogP contribution in [0.2, 0.25) is 5.02 Å². The summed E-state index contributed by atoms with van der Waals surface area (Å²) in [7, 11) is -2.93. The zero-order valence-electron chi connectivity index (χ0n) is 15.6. The molecule has 0 aliphatic rings. The van der Waals surface area contributed by atoms with E-state index in [1.165, 1.54) is 13.2 Å². The molecule has 29 heavy (non-hydrogen) atoms. The summed E-state index contributed by atoms with van der Waals surface area (Å²) in [5.74, 6) is -0.179. The summed E-state index contributed by atoms with van der Waals surface area (Å²) in [6.07, 6.45) is -0.318. The van der Waals surface area contributed by atoms with Crippen molar-refractivity contribution in [3.8, 4) is 5.75 Å². The van der Waals surface area contributed by atoms with Gasteiger partial charge in [-0.1, -0.05) is 23.7 Å². The quantitative estimate of drug-likeness (QED) is 0.359. The van der Waals surface area contributed by atoms with E-state index in [9.17, 15) is 23.3 Å². The maximum atomic E-state index is 12.9. The lowest BCUT2D eigenvalue weighted by molar-refractivity contribution is -0.387. The summed E-state index contributed by atoms with van der Waals surface area (Å²) in [5, 5.41) is 11.3. The molecule has 0 amide bonds. The number of nitro groups is 1. The van der Waals surface area contributed by atoms with E-state index in [0.29, 0.717) is 11.3 Å². The summed E-state index contributed by atoms with van der Waals surface area (Å²) in [6, 6.07) is 8.62. The van der Waals surface area contributed by atoms with Gasteiger partial charge in [0.2, 0.25) is 10.0 Å². The third-order valence-electron chi connectivity index (χ3n) is 3.88. The van der Waals surface area contributed by atoms with Gasteiger partial charge in [-0.2, -0.15) is 0 Å². The van der Waals surface area contributed by atoms with E-state index in [2.05, 4.69) is 4.72 Å². The van der Waals surface area contributed by atoms with E-state index < -0.39 is 37.5 Å². The second-order valence-electron chi connectivity index (χ2n) is 5.83. The molecule has 156 valence electrons. The number of benzene rings is 2. The zero-order chi connectivity index (χ0) is 21.6. The Labute approximate surface area is 172 Å². The molecule has 0 unspecified atom stereocenters. The minimum absolute atomic E-state index is 0.0199. The van der Waals surface area contributed by atoms with Crippen LogP contribution in [0.5, 0.6) is 5.75 Å². The molecule has 0 spiro atoms. The fourth-order valence-electron chi connectivity index (χ4n) is 2.58. The average Bonchev–Trinajstić information content (AvgIpc) is 2.67. The van der Waals surface area contributed by atoms with E-state index in [1.807, 2.05) is 0 Å². The fourth-order valence-corrected chi connectivity index (χ4v) is 4.13. The third-order valence-corrected chi connectivity index (χ3v) is 5.63. The smallest absolute Gasteiger partial charge is 0.307 e. The molecule has 0 bridgehead atoms. The number of hydrogen-bond donors (Lipinski definition) is 1. The third kappa shape index (κ3) is 5.89. The first-order chi connectivity index (χ1) is 13.7. The standard InChI is InChI=1S/C18H19ClN2O7S/c1-3-28-18(22)11-15(12-5-4-6-14(9-12)27-2)20-29(25,26)17-8-7-13(19)10-16(17)21(23)24/h4-10,15,20H,3,11H2,1-2H3/t15-/m1/s1. The van der Waals surface area contributed by atoms with Crippen LogP contribution in [0.3, 0.4) is 0 Å². The van der Waals surface area contributed by atoms with Crippen LogP contribution in [0.4, 0.5) is 5.69 Å². The lowest BCUT2D eigenvalue weighted by Gasteiger charge is -2.19. The van der Waals surface area contributed by atoms with Gasteiger partial charge in [0, 0.05) is 11.1 Å². The molecule has 0 aliphatic heterocycles. The van der Waals surface area contributed by atoms with Gasteiger partial charge in [-0.3, -0.25) is 14.9 Å². The SMILES string of the molecule is CCOC(=O)C[C@@H](NS(=O)(=O)c1ccc(Cl)cc1[N+](=O)[O-])c1cccc(OC)c1. The number of methoxy groups -OCH3 is 1. The number of ether oxygens (including phenoxy) is 2. The maximum absolute atomic E-state index is 12.9. The molecule has 11 heteroatoms. The molecule has 0 fully saturated rings. The average molecular weight is 443 g/mol. The highest BCUT2D eigenvalue weighted by molar-refractivity contribution is 7.89. The first-order valence-corrected chi connectivity index (χ1v) is 10.3. The van der Waals surface area contributed by atoms with Crippen LogP contribution in [-0.2, 0) is 19.6 Å². The number of sulfonamides is 1. The Morgan fingerprint density at radius 2 is 2.00 bits per heavy atom. The Morgan fingerprint density at radius 1 is 1.28 bits per heavy atom. The van der Waals surface area contributed by atoms with Crippen LogP contribution in [0, 0.1) is 10.1 Å². The van der Waals surface area contributed by atoms with Gasteiger partial charge in [0.25, 0.3) is 5.69 Å². The Morgan fingerprint density at radius 3 is 2.62 bits per heavy atom. The van der Waals surface area contributed by atoms with Gasteiger partial charge in [-0.25, -0.2) is 13.1 Å². The number of rotatable bonds is 9. The van der Waals surface area contributed by atoms with E-state index in [-0.39, 0.29) is 18.1 Å². The predicted molar refractivity (Wildman–Crippen MR) is 105 cm³/mol. The molecule has 9 nitrogen and oxygen atoms in total. The predicted octanol–water partition coefficient (Wildman–Crippen LogP) is 3.23. The molecule has 0 aromatic heterocycles. The molecule has 2 aromatic rings. The van der Waals surface area contributed by atoms with Crippen LogP contribution in [0.1, 0.15) is 24.9 Å². The van der Waals surface area contributed by atoms with Crippen molar-refractivity contribution in [2.24, 2.45) is 0 Å². The van der Waals surface area contributed by atoms with Crippen molar-refractivity contribution in [3.63, 3.8) is 0 Å². The minimum atomic E-state index is -4.38. The summed E-state index contributed by atoms with van der Waals surface area (Å²) in [6.45, 7) is 1.75. The number of nitrogens with zero attached hydrogens (tertiary/aromatic N) is 1. The van der Waals surface area contributed by atoms with E-state index in [4.69, 9.17) is 21.1 Å². The molecule has 0 radical (unpaired) electrons. The Bertz CT molecular complexity index is 1010. The van der Waals surface area contributed by atoms with E-state index >= 15 is 0 Å². The molecule has 1 N–H and O–H groups in total. The highest BCUT2D eigenvalue weighted by Crippen LogP contribution is 2.30. The first kappa shape index (κ1) is 22.6. The van der Waals surface area contributed by atoms with Gasteiger partial charge in [0.05, 0.1) is 31.1 Å². The number of carbonyl (C=O) groups is 1. The number of nitro benzene ring substituents is 1. The maximum Gasteiger partial charge on any atom is 0.307 e. The fraction of sp³-hybridized carbons (Fsp3) is 0.278. The van der Waals surface area contributed by atoms with Gasteiger partial charge in [0.1, 0.15) is 5.75 Å². The number of nitrogens with one attached hydrogen (secondary N) is 1. The molecule has 0 saturated carbocycles. The Hall–Kier alpha value is -2.69. The van der Waals surface area contributed by atoms with Crippen LogP contribution < -0.4 is 9.46 Å². The first-order valence-electron chi connectivity index (χ1n) is 8.43. The van der Waals surface area contributed by atoms with Crippen molar-refractivity contribution in [3.05, 3.63) is 63.2 Å². The molecule has 0 heterocycles. The molecule has 2 aromatic carbocycles. The van der Waals surface area contributed by atoms with E-state index in [0.717, 1.165) is 12.1 Å². The van der Waals surface area contributed by atoms with Gasteiger partial charge in [0.15, 0.2) is 4.90 Å². The van der Waals surface area contributed by atoms with Crippen LogP contribution in [0.15, 0.2) is 47.4 Å². The number of carbonyl (C=O) groups excluding carboxylic acids is 1. The van der Waals surface area contributed by atoms with Crippen LogP contribution >= 0.6 is 11.6 Å². The highest BCUT2D eigenvalue weighted by Gasteiger charge is 2.30. The van der Waals surface area contributed by atoms with Gasteiger partial charge < -0.3 is 9.47 Å². The van der Waals surface area contributed by atoms with Crippen molar-refractivity contribution in [1.29, 1.82) is 0 Å².